The molecule has 1 aliphatic rings. The molecule has 0 aromatic carbocycles. The standard InChI is InChI=1S/C17H25N5O3/c1-17(2,3)25-16(24)22-10-7-12(8-11-22)15(23)21-20-14(18)13-6-4-5-9-19-13/h4-6,9,12H,7-8,10-11H2,1-3H3,(H2,18,20)(H,21,23). The van der Waals surface area contributed by atoms with Crippen LogP contribution in [0.4, 0.5) is 4.79 Å². The van der Waals surface area contributed by atoms with Crippen molar-refractivity contribution < 1.29 is 14.3 Å². The second kappa shape index (κ2) is 7.96. The first-order chi connectivity index (χ1) is 11.8. The Bertz CT molecular complexity index is 631. The largest absolute Gasteiger partial charge is 0.444 e. The molecule has 1 aromatic heterocycles. The van der Waals surface area contributed by atoms with Gasteiger partial charge >= 0.3 is 6.09 Å². The van der Waals surface area contributed by atoms with Gasteiger partial charge in [-0.1, -0.05) is 6.07 Å². The number of carbonyl (C=O) groups excluding carboxylic acids is 2. The number of amidine groups is 1. The van der Waals surface area contributed by atoms with E-state index in [1.54, 1.807) is 29.3 Å². The van der Waals surface area contributed by atoms with Gasteiger partial charge in [-0.05, 0) is 45.7 Å². The number of hydrogen-bond acceptors (Lipinski definition) is 5. The molecule has 8 heteroatoms. The highest BCUT2D eigenvalue weighted by atomic mass is 16.6. The molecule has 1 aliphatic heterocycles. The summed E-state index contributed by atoms with van der Waals surface area (Å²) in [6.45, 7) is 6.44. The van der Waals surface area contributed by atoms with Gasteiger partial charge in [-0.3, -0.25) is 9.78 Å². The average Bonchev–Trinajstić information content (AvgIpc) is 2.58. The summed E-state index contributed by atoms with van der Waals surface area (Å²) < 4.78 is 5.34. The number of carbonyl (C=O) groups is 2. The quantitative estimate of drug-likeness (QED) is 0.489. The minimum absolute atomic E-state index is 0.153. The number of hydrogen-bond donors (Lipinski definition) is 2. The van der Waals surface area contributed by atoms with Gasteiger partial charge < -0.3 is 15.4 Å². The normalized spacial score (nSPS) is 16.4. The van der Waals surface area contributed by atoms with E-state index < -0.39 is 5.60 Å². The lowest BCUT2D eigenvalue weighted by atomic mass is 9.96. The Morgan fingerprint density at radius 1 is 1.32 bits per heavy atom. The second-order valence-electron chi connectivity index (χ2n) is 6.93. The molecule has 0 spiro atoms. The maximum Gasteiger partial charge on any atom is 0.410 e. The fraction of sp³-hybridized carbons (Fsp3) is 0.529. The summed E-state index contributed by atoms with van der Waals surface area (Å²) in [5, 5.41) is 3.90. The van der Waals surface area contributed by atoms with Crippen LogP contribution in [0.25, 0.3) is 0 Å². The molecule has 0 aliphatic carbocycles. The highest BCUT2D eigenvalue weighted by molar-refractivity contribution is 5.96. The summed E-state index contributed by atoms with van der Waals surface area (Å²) >= 11 is 0. The molecular weight excluding hydrogens is 322 g/mol. The van der Waals surface area contributed by atoms with Crippen molar-refractivity contribution in [2.24, 2.45) is 16.8 Å². The van der Waals surface area contributed by atoms with E-state index in [2.05, 4.69) is 15.5 Å². The van der Waals surface area contributed by atoms with Crippen LogP contribution in [0.1, 0.15) is 39.3 Å². The predicted octanol–water partition coefficient (Wildman–Crippen LogP) is 1.47. The van der Waals surface area contributed by atoms with Gasteiger partial charge in [-0.25, -0.2) is 10.2 Å². The smallest absolute Gasteiger partial charge is 0.410 e. The predicted molar refractivity (Wildman–Crippen MR) is 93.6 cm³/mol. The summed E-state index contributed by atoms with van der Waals surface area (Å²) in [7, 11) is 0. The molecule has 1 saturated heterocycles. The van der Waals surface area contributed by atoms with Crippen molar-refractivity contribution >= 4 is 17.8 Å². The number of likely N-dealkylation sites (tertiary alicyclic amines) is 1. The van der Waals surface area contributed by atoms with Gasteiger partial charge in [-0.2, -0.15) is 5.10 Å². The number of nitrogens with one attached hydrogen (secondary N) is 1. The first-order valence-corrected chi connectivity index (χ1v) is 8.28. The maximum absolute atomic E-state index is 12.2. The second-order valence-corrected chi connectivity index (χ2v) is 6.93. The van der Waals surface area contributed by atoms with E-state index in [1.807, 2.05) is 20.8 Å². The Morgan fingerprint density at radius 2 is 2.00 bits per heavy atom. The van der Waals surface area contributed by atoms with Gasteiger partial charge in [0.15, 0.2) is 5.84 Å². The number of nitrogens with zero attached hydrogens (tertiary/aromatic N) is 3. The molecule has 2 amide bonds. The van der Waals surface area contributed by atoms with Crippen molar-refractivity contribution in [2.45, 2.75) is 39.2 Å². The Hall–Kier alpha value is -2.64. The number of ether oxygens (including phenoxy) is 1. The number of amides is 2. The molecule has 0 radical (unpaired) electrons. The highest BCUT2D eigenvalue weighted by Gasteiger charge is 2.29. The molecule has 25 heavy (non-hydrogen) atoms. The number of hydrazone groups is 1. The van der Waals surface area contributed by atoms with Gasteiger partial charge in [0.05, 0.1) is 0 Å². The van der Waals surface area contributed by atoms with Crippen LogP contribution in [0, 0.1) is 5.92 Å². The molecule has 3 N–H and O–H groups in total. The molecule has 1 fully saturated rings. The highest BCUT2D eigenvalue weighted by Crippen LogP contribution is 2.19. The molecule has 2 heterocycles. The van der Waals surface area contributed by atoms with Crippen molar-refractivity contribution in [2.75, 3.05) is 13.1 Å². The first-order valence-electron chi connectivity index (χ1n) is 8.28. The average molecular weight is 347 g/mol. The topological polar surface area (TPSA) is 110 Å². The number of nitrogens with two attached hydrogens (primary N) is 1. The Labute approximate surface area is 147 Å². The van der Waals surface area contributed by atoms with E-state index in [9.17, 15) is 9.59 Å². The molecule has 136 valence electrons. The van der Waals surface area contributed by atoms with Crippen LogP contribution in [0.5, 0.6) is 0 Å². The third-order valence-corrected chi connectivity index (χ3v) is 3.73. The van der Waals surface area contributed by atoms with Crippen LogP contribution in [0.3, 0.4) is 0 Å². The van der Waals surface area contributed by atoms with Crippen molar-refractivity contribution in [1.82, 2.24) is 15.3 Å². The molecule has 2 rings (SSSR count). The fourth-order valence-electron chi connectivity index (χ4n) is 2.43. The van der Waals surface area contributed by atoms with E-state index in [0.717, 1.165) is 0 Å². The van der Waals surface area contributed by atoms with Crippen LogP contribution in [-0.2, 0) is 9.53 Å². The zero-order valence-corrected chi connectivity index (χ0v) is 14.9. The van der Waals surface area contributed by atoms with Crippen LogP contribution < -0.4 is 11.2 Å². The number of piperidine rings is 1. The number of aromatic nitrogens is 1. The van der Waals surface area contributed by atoms with Crippen molar-refractivity contribution in [3.63, 3.8) is 0 Å². The van der Waals surface area contributed by atoms with Crippen molar-refractivity contribution in [3.8, 4) is 0 Å². The van der Waals surface area contributed by atoms with Gasteiger partial charge in [0, 0.05) is 25.2 Å². The van der Waals surface area contributed by atoms with E-state index in [1.165, 1.54) is 0 Å². The van der Waals surface area contributed by atoms with E-state index in [0.29, 0.717) is 31.6 Å². The van der Waals surface area contributed by atoms with E-state index >= 15 is 0 Å². The minimum atomic E-state index is -0.525. The Morgan fingerprint density at radius 3 is 2.56 bits per heavy atom. The Balaban J connectivity index is 1.82. The summed E-state index contributed by atoms with van der Waals surface area (Å²) in [6, 6.07) is 5.27. The Kier molecular flexibility index (Phi) is 5.95. The van der Waals surface area contributed by atoms with Crippen LogP contribution >= 0.6 is 0 Å². The first kappa shape index (κ1) is 18.7. The third kappa shape index (κ3) is 5.74. The van der Waals surface area contributed by atoms with Crippen LogP contribution in [0.2, 0.25) is 0 Å². The third-order valence-electron chi connectivity index (χ3n) is 3.73. The van der Waals surface area contributed by atoms with Crippen molar-refractivity contribution in [3.05, 3.63) is 30.1 Å². The molecule has 0 atom stereocenters. The lowest BCUT2D eigenvalue weighted by Crippen LogP contribution is -2.44. The molecule has 1 aromatic rings. The molecule has 0 unspecified atom stereocenters. The monoisotopic (exact) mass is 347 g/mol. The van der Waals surface area contributed by atoms with Crippen molar-refractivity contribution in [1.29, 1.82) is 0 Å². The molecule has 8 nitrogen and oxygen atoms in total. The maximum atomic E-state index is 12.2. The van der Waals surface area contributed by atoms with Gasteiger partial charge in [0.25, 0.3) is 0 Å². The van der Waals surface area contributed by atoms with Gasteiger partial charge in [-0.15, -0.1) is 0 Å². The van der Waals surface area contributed by atoms with E-state index in [-0.39, 0.29) is 23.8 Å². The van der Waals surface area contributed by atoms with Crippen LogP contribution in [0.15, 0.2) is 29.5 Å². The van der Waals surface area contributed by atoms with Gasteiger partial charge in [0.2, 0.25) is 5.91 Å². The fourth-order valence-corrected chi connectivity index (χ4v) is 2.43. The summed E-state index contributed by atoms with van der Waals surface area (Å²) in [5.74, 6) is -0.262. The zero-order valence-electron chi connectivity index (χ0n) is 14.9. The van der Waals surface area contributed by atoms with E-state index in [4.69, 9.17) is 10.5 Å². The summed E-state index contributed by atoms with van der Waals surface area (Å²) in [4.78, 5) is 29.9. The number of rotatable bonds is 3. The molecule has 0 saturated carbocycles. The zero-order chi connectivity index (χ0) is 18.4. The minimum Gasteiger partial charge on any atom is -0.444 e. The lowest BCUT2D eigenvalue weighted by Gasteiger charge is -2.32. The van der Waals surface area contributed by atoms with Gasteiger partial charge in [0.1, 0.15) is 11.3 Å². The lowest BCUT2D eigenvalue weighted by molar-refractivity contribution is -0.126. The number of pyridine rings is 1. The molecule has 0 bridgehead atoms. The van der Waals surface area contributed by atoms with Crippen LogP contribution in [-0.4, -0.2) is 46.4 Å². The molecular formula is C17H25N5O3. The SMILES string of the molecule is CC(C)(C)OC(=O)N1CCC(C(=O)NN=C(N)c2ccccn2)CC1. The summed E-state index contributed by atoms with van der Waals surface area (Å²) in [6.07, 6.45) is 2.38. The summed E-state index contributed by atoms with van der Waals surface area (Å²) in [5.41, 5.74) is 8.26.